The second-order valence-corrected chi connectivity index (χ2v) is 5.39. The van der Waals surface area contributed by atoms with Crippen molar-refractivity contribution in [2.75, 3.05) is 27.2 Å². The van der Waals surface area contributed by atoms with E-state index in [4.69, 9.17) is 4.74 Å². The Kier molecular flexibility index (Phi) is 4.11. The zero-order chi connectivity index (χ0) is 15.5. The highest BCUT2D eigenvalue weighted by Crippen LogP contribution is 2.18. The minimum absolute atomic E-state index is 0.0894. The van der Waals surface area contributed by atoms with E-state index in [0.717, 1.165) is 29.2 Å². The lowest BCUT2D eigenvalue weighted by Gasteiger charge is -2.20. The highest BCUT2D eigenvalue weighted by molar-refractivity contribution is 5.84. The molecule has 6 heteroatoms. The number of hydrogen-bond acceptors (Lipinski definition) is 4. The fourth-order valence-corrected chi connectivity index (χ4v) is 2.54. The number of methoxy groups -OCH3 is 1. The molecular weight excluding hydrogens is 280 g/mol. The maximum Gasteiger partial charge on any atom is 0.243 e. The van der Waals surface area contributed by atoms with Gasteiger partial charge in [-0.05, 0) is 12.1 Å². The van der Waals surface area contributed by atoms with Gasteiger partial charge in [-0.3, -0.25) is 10.1 Å². The minimum atomic E-state index is -0.190. The average molecular weight is 300 g/mol. The minimum Gasteiger partial charge on any atom is -0.497 e. The molecule has 1 atom stereocenters. The fraction of sp³-hybridized carbons (Fsp3) is 0.375. The molecule has 116 valence electrons. The Morgan fingerprint density at radius 3 is 3.09 bits per heavy atom. The van der Waals surface area contributed by atoms with Gasteiger partial charge in [0.25, 0.3) is 0 Å². The molecule has 6 nitrogen and oxygen atoms in total. The Morgan fingerprint density at radius 2 is 2.36 bits per heavy atom. The number of hydrogen-bond donors (Lipinski definition) is 2. The molecule has 1 aliphatic rings. The number of imidazole rings is 1. The third-order valence-corrected chi connectivity index (χ3v) is 3.85. The monoisotopic (exact) mass is 300 g/mol. The van der Waals surface area contributed by atoms with Gasteiger partial charge in [-0.2, -0.15) is 0 Å². The highest BCUT2D eigenvalue weighted by atomic mass is 16.5. The molecule has 22 heavy (non-hydrogen) atoms. The Morgan fingerprint density at radius 1 is 1.50 bits per heavy atom. The van der Waals surface area contributed by atoms with E-state index in [1.165, 1.54) is 0 Å². The van der Waals surface area contributed by atoms with Crippen molar-refractivity contribution in [2.45, 2.75) is 12.5 Å². The maximum absolute atomic E-state index is 12.2. The van der Waals surface area contributed by atoms with Crippen molar-refractivity contribution in [1.29, 1.82) is 0 Å². The second-order valence-electron chi connectivity index (χ2n) is 5.39. The molecule has 1 aromatic heterocycles. The van der Waals surface area contributed by atoms with Gasteiger partial charge in [0, 0.05) is 32.6 Å². The summed E-state index contributed by atoms with van der Waals surface area (Å²) in [7, 11) is 3.46. The predicted octanol–water partition coefficient (Wildman–Crippen LogP) is 1.10. The van der Waals surface area contributed by atoms with E-state index >= 15 is 0 Å². The lowest BCUT2D eigenvalue weighted by molar-refractivity contribution is -0.130. The van der Waals surface area contributed by atoms with E-state index in [2.05, 4.69) is 15.3 Å². The van der Waals surface area contributed by atoms with Crippen molar-refractivity contribution in [3.05, 3.63) is 36.2 Å². The van der Waals surface area contributed by atoms with Gasteiger partial charge in [-0.15, -0.1) is 0 Å². The molecule has 0 spiro atoms. The zero-order valence-corrected chi connectivity index (χ0v) is 12.8. The van der Waals surface area contributed by atoms with Crippen LogP contribution in [0.15, 0.2) is 30.4 Å². The first-order valence-electron chi connectivity index (χ1n) is 7.35. The van der Waals surface area contributed by atoms with Gasteiger partial charge >= 0.3 is 0 Å². The highest BCUT2D eigenvalue weighted by Gasteiger charge is 2.21. The van der Waals surface area contributed by atoms with E-state index in [1.807, 2.05) is 37.4 Å². The smallest absolute Gasteiger partial charge is 0.243 e. The van der Waals surface area contributed by atoms with E-state index < -0.39 is 0 Å². The number of nitrogens with zero attached hydrogens (tertiary/aromatic N) is 2. The number of amides is 1. The van der Waals surface area contributed by atoms with E-state index in [9.17, 15) is 4.79 Å². The SMILES string of the molecule is COc1ccc2nc(CCN(C)C(=O)[C@@H]3C=CCN3)[nH]c2c1. The summed E-state index contributed by atoms with van der Waals surface area (Å²) in [5, 5.41) is 3.13. The Hall–Kier alpha value is -2.34. The molecule has 2 heterocycles. The number of carbonyl (C=O) groups excluding carboxylic acids is 1. The van der Waals surface area contributed by atoms with E-state index in [-0.39, 0.29) is 11.9 Å². The third-order valence-electron chi connectivity index (χ3n) is 3.85. The summed E-state index contributed by atoms with van der Waals surface area (Å²) in [5.74, 6) is 1.76. The molecule has 2 N–H and O–H groups in total. The molecule has 0 fully saturated rings. The first-order chi connectivity index (χ1) is 10.7. The number of aromatic amines is 1. The maximum atomic E-state index is 12.2. The number of benzene rings is 1. The number of fused-ring (bicyclic) bond motifs is 1. The van der Waals surface area contributed by atoms with Gasteiger partial charge in [0.2, 0.25) is 5.91 Å². The van der Waals surface area contributed by atoms with Crippen molar-refractivity contribution < 1.29 is 9.53 Å². The van der Waals surface area contributed by atoms with Crippen LogP contribution in [0.4, 0.5) is 0 Å². The summed E-state index contributed by atoms with van der Waals surface area (Å²) in [4.78, 5) is 21.7. The number of aromatic nitrogens is 2. The molecule has 0 unspecified atom stereocenters. The summed E-state index contributed by atoms with van der Waals surface area (Å²) in [6, 6.07) is 5.55. The second kappa shape index (κ2) is 6.19. The van der Waals surface area contributed by atoms with Gasteiger partial charge in [0.1, 0.15) is 17.6 Å². The van der Waals surface area contributed by atoms with Gasteiger partial charge in [-0.1, -0.05) is 12.2 Å². The lowest BCUT2D eigenvalue weighted by Crippen LogP contribution is -2.42. The van der Waals surface area contributed by atoms with Gasteiger partial charge in [0.05, 0.1) is 18.1 Å². The number of rotatable bonds is 5. The van der Waals surface area contributed by atoms with Crippen LogP contribution in [0.25, 0.3) is 11.0 Å². The lowest BCUT2D eigenvalue weighted by atomic mass is 10.2. The van der Waals surface area contributed by atoms with Crippen LogP contribution in [0.1, 0.15) is 5.82 Å². The van der Waals surface area contributed by atoms with Crippen LogP contribution in [0.3, 0.4) is 0 Å². The summed E-state index contributed by atoms with van der Waals surface area (Å²) >= 11 is 0. The van der Waals surface area contributed by atoms with Gasteiger partial charge < -0.3 is 14.6 Å². The van der Waals surface area contributed by atoms with Crippen molar-refractivity contribution in [3.8, 4) is 5.75 Å². The quantitative estimate of drug-likeness (QED) is 0.811. The van der Waals surface area contributed by atoms with Crippen LogP contribution in [0.2, 0.25) is 0 Å². The molecule has 3 rings (SSSR count). The van der Waals surface area contributed by atoms with Crippen LogP contribution in [0.5, 0.6) is 5.75 Å². The van der Waals surface area contributed by atoms with Crippen molar-refractivity contribution in [3.63, 3.8) is 0 Å². The standard InChI is InChI=1S/C16H20N4O2/c1-20(16(21)13-4-3-8-17-13)9-7-15-18-12-6-5-11(22-2)10-14(12)19-15/h3-6,10,13,17H,7-9H2,1-2H3,(H,18,19)/t13-/m0/s1. The Balaban J connectivity index is 1.63. The average Bonchev–Trinajstić information content (AvgIpc) is 3.19. The van der Waals surface area contributed by atoms with Crippen molar-refractivity contribution in [2.24, 2.45) is 0 Å². The number of H-pyrrole nitrogens is 1. The number of carbonyl (C=O) groups is 1. The molecular formula is C16H20N4O2. The van der Waals surface area contributed by atoms with Crippen molar-refractivity contribution in [1.82, 2.24) is 20.2 Å². The first kappa shape index (κ1) is 14.6. The number of likely N-dealkylation sites (N-methyl/N-ethyl adjacent to an activating group) is 1. The predicted molar refractivity (Wildman–Crippen MR) is 84.9 cm³/mol. The molecule has 0 radical (unpaired) electrons. The first-order valence-corrected chi connectivity index (χ1v) is 7.35. The van der Waals surface area contributed by atoms with E-state index in [0.29, 0.717) is 13.0 Å². The Labute approximate surface area is 129 Å². The molecule has 0 aliphatic carbocycles. The summed E-state index contributed by atoms with van der Waals surface area (Å²) in [6.45, 7) is 1.39. The zero-order valence-electron chi connectivity index (χ0n) is 12.8. The number of nitrogens with one attached hydrogen (secondary N) is 2. The van der Waals surface area contributed by atoms with Gasteiger partial charge in [-0.25, -0.2) is 4.98 Å². The molecule has 0 bridgehead atoms. The number of ether oxygens (including phenoxy) is 1. The largest absolute Gasteiger partial charge is 0.497 e. The molecule has 1 amide bonds. The molecule has 1 aliphatic heterocycles. The van der Waals surface area contributed by atoms with Crippen LogP contribution < -0.4 is 10.1 Å². The summed E-state index contributed by atoms with van der Waals surface area (Å²) in [5.41, 5.74) is 1.86. The van der Waals surface area contributed by atoms with Crippen molar-refractivity contribution >= 4 is 16.9 Å². The molecule has 2 aromatic rings. The van der Waals surface area contributed by atoms with E-state index in [1.54, 1.807) is 12.0 Å². The van der Waals surface area contributed by atoms with Gasteiger partial charge in [0.15, 0.2) is 0 Å². The normalized spacial score (nSPS) is 17.1. The van der Waals surface area contributed by atoms with Crippen LogP contribution >= 0.6 is 0 Å². The summed E-state index contributed by atoms with van der Waals surface area (Å²) in [6.07, 6.45) is 4.57. The topological polar surface area (TPSA) is 70.2 Å². The molecule has 1 aromatic carbocycles. The summed E-state index contributed by atoms with van der Waals surface area (Å²) < 4.78 is 5.20. The molecule has 0 saturated heterocycles. The fourth-order valence-electron chi connectivity index (χ4n) is 2.54. The van der Waals surface area contributed by atoms with Crippen LogP contribution in [-0.2, 0) is 11.2 Å². The third kappa shape index (κ3) is 2.96. The Bertz CT molecular complexity index is 707. The van der Waals surface area contributed by atoms with Crippen LogP contribution in [-0.4, -0.2) is 54.1 Å². The van der Waals surface area contributed by atoms with Crippen LogP contribution in [0, 0.1) is 0 Å². The molecule has 0 saturated carbocycles.